The fourth-order valence-electron chi connectivity index (χ4n) is 2.34. The van der Waals surface area contributed by atoms with Crippen LogP contribution in [-0.2, 0) is 0 Å². The summed E-state index contributed by atoms with van der Waals surface area (Å²) in [5.41, 5.74) is 0.585. The number of methoxy groups -OCH3 is 1. The maximum atomic E-state index is 13.3. The van der Waals surface area contributed by atoms with Gasteiger partial charge in [0.2, 0.25) is 0 Å². The van der Waals surface area contributed by atoms with Crippen LogP contribution in [0.3, 0.4) is 0 Å². The van der Waals surface area contributed by atoms with E-state index in [1.54, 1.807) is 6.07 Å². The molecule has 0 amide bonds. The second-order valence-electron chi connectivity index (χ2n) is 4.34. The van der Waals surface area contributed by atoms with Gasteiger partial charge in [-0.05, 0) is 18.2 Å². The minimum atomic E-state index is -0.542. The molecule has 0 radical (unpaired) electrons. The molecule has 0 spiro atoms. The molecule has 0 saturated carbocycles. The lowest BCUT2D eigenvalue weighted by Crippen LogP contribution is -2.45. The molecule has 0 unspecified atom stereocenters. The molecule has 2 rings (SSSR count). The molecule has 1 aromatic rings. The number of piperazine rings is 1. The molecule has 1 heterocycles. The summed E-state index contributed by atoms with van der Waals surface area (Å²) in [7, 11) is 1.52. The zero-order valence-electron chi connectivity index (χ0n) is 10.5. The lowest BCUT2D eigenvalue weighted by atomic mass is 10.0. The van der Waals surface area contributed by atoms with Crippen molar-refractivity contribution in [2.45, 2.75) is 6.04 Å². The summed E-state index contributed by atoms with van der Waals surface area (Å²) < 4.78 is 31.9. The summed E-state index contributed by atoms with van der Waals surface area (Å²) in [6, 6.07) is 3.81. The molecule has 0 aliphatic carbocycles. The van der Waals surface area contributed by atoms with Crippen molar-refractivity contribution in [3.05, 3.63) is 29.6 Å². The van der Waals surface area contributed by atoms with Gasteiger partial charge in [0.25, 0.3) is 0 Å². The molecular weight excluding hydrogens is 238 g/mol. The molecule has 0 bridgehead atoms. The van der Waals surface area contributed by atoms with E-state index < -0.39 is 12.7 Å². The Balaban J connectivity index is 2.27. The van der Waals surface area contributed by atoms with E-state index in [0.717, 1.165) is 26.2 Å². The van der Waals surface area contributed by atoms with Gasteiger partial charge in [0.1, 0.15) is 18.2 Å². The van der Waals surface area contributed by atoms with Crippen LogP contribution in [0, 0.1) is 5.82 Å². The van der Waals surface area contributed by atoms with Crippen molar-refractivity contribution in [2.24, 2.45) is 0 Å². The summed E-state index contributed by atoms with van der Waals surface area (Å²) in [6.07, 6.45) is 0. The van der Waals surface area contributed by atoms with Crippen LogP contribution in [0.25, 0.3) is 0 Å². The van der Waals surface area contributed by atoms with Crippen LogP contribution in [0.5, 0.6) is 5.75 Å². The number of ether oxygens (including phenoxy) is 1. The monoisotopic (exact) mass is 256 g/mol. The fraction of sp³-hybridized carbons (Fsp3) is 0.538. The Morgan fingerprint density at radius 3 is 2.72 bits per heavy atom. The number of alkyl halides is 1. The summed E-state index contributed by atoms with van der Waals surface area (Å²) >= 11 is 0. The molecule has 1 aliphatic rings. The molecule has 1 aliphatic heterocycles. The van der Waals surface area contributed by atoms with Gasteiger partial charge < -0.3 is 10.1 Å². The zero-order valence-corrected chi connectivity index (χ0v) is 10.5. The minimum Gasteiger partial charge on any atom is -0.496 e. The molecule has 1 saturated heterocycles. The van der Waals surface area contributed by atoms with Crippen molar-refractivity contribution in [1.82, 2.24) is 10.2 Å². The van der Waals surface area contributed by atoms with E-state index in [-0.39, 0.29) is 5.82 Å². The fourth-order valence-corrected chi connectivity index (χ4v) is 2.34. The van der Waals surface area contributed by atoms with Gasteiger partial charge in [-0.25, -0.2) is 8.78 Å². The first-order valence-electron chi connectivity index (χ1n) is 6.10. The molecule has 1 atom stereocenters. The quantitative estimate of drug-likeness (QED) is 0.888. The average Bonchev–Trinajstić information content (AvgIpc) is 2.41. The maximum Gasteiger partial charge on any atom is 0.123 e. The molecule has 18 heavy (non-hydrogen) atoms. The van der Waals surface area contributed by atoms with E-state index in [1.165, 1.54) is 19.2 Å². The minimum absolute atomic E-state index is 0.362. The predicted octanol–water partition coefficient (Wildman–Crippen LogP) is 1.75. The van der Waals surface area contributed by atoms with Crippen molar-refractivity contribution >= 4 is 0 Å². The zero-order chi connectivity index (χ0) is 13.0. The van der Waals surface area contributed by atoms with Crippen LogP contribution < -0.4 is 10.1 Å². The number of halogens is 2. The Labute approximate surface area is 106 Å². The van der Waals surface area contributed by atoms with E-state index in [0.29, 0.717) is 11.3 Å². The normalized spacial score (nSPS) is 18.6. The highest BCUT2D eigenvalue weighted by Gasteiger charge is 2.25. The number of hydrogen-bond acceptors (Lipinski definition) is 3. The van der Waals surface area contributed by atoms with Gasteiger partial charge in [-0.3, -0.25) is 4.90 Å². The lowest BCUT2D eigenvalue weighted by Gasteiger charge is -2.34. The Kier molecular flexibility index (Phi) is 4.49. The number of nitrogens with zero attached hydrogens (tertiary/aromatic N) is 1. The Morgan fingerprint density at radius 1 is 1.39 bits per heavy atom. The third kappa shape index (κ3) is 2.79. The van der Waals surface area contributed by atoms with Crippen molar-refractivity contribution in [1.29, 1.82) is 0 Å². The standard InChI is InChI=1S/C13H18F2N2O/c1-18-13-3-2-10(15)8-11(13)12(9-14)17-6-4-16-5-7-17/h2-3,8,12,16H,4-7,9H2,1H3/t12-/m0/s1. The van der Waals surface area contributed by atoms with Gasteiger partial charge in [0.05, 0.1) is 13.2 Å². The number of nitrogens with one attached hydrogen (secondary N) is 1. The van der Waals surface area contributed by atoms with Crippen molar-refractivity contribution in [2.75, 3.05) is 40.0 Å². The van der Waals surface area contributed by atoms with E-state index in [2.05, 4.69) is 5.32 Å². The predicted molar refractivity (Wildman–Crippen MR) is 66.1 cm³/mol. The third-order valence-corrected chi connectivity index (χ3v) is 3.29. The molecule has 1 aromatic carbocycles. The van der Waals surface area contributed by atoms with E-state index in [9.17, 15) is 8.78 Å². The van der Waals surface area contributed by atoms with Gasteiger partial charge in [0.15, 0.2) is 0 Å². The lowest BCUT2D eigenvalue weighted by molar-refractivity contribution is 0.145. The van der Waals surface area contributed by atoms with E-state index >= 15 is 0 Å². The highest BCUT2D eigenvalue weighted by Crippen LogP contribution is 2.30. The smallest absolute Gasteiger partial charge is 0.123 e. The highest BCUT2D eigenvalue weighted by atomic mass is 19.1. The van der Waals surface area contributed by atoms with Gasteiger partial charge in [-0.1, -0.05) is 0 Å². The summed E-state index contributed by atoms with van der Waals surface area (Å²) in [5, 5.41) is 3.22. The second-order valence-corrected chi connectivity index (χ2v) is 4.34. The molecule has 5 heteroatoms. The van der Waals surface area contributed by atoms with Crippen molar-refractivity contribution < 1.29 is 13.5 Å². The average molecular weight is 256 g/mol. The number of hydrogen-bond donors (Lipinski definition) is 1. The second kappa shape index (κ2) is 6.11. The van der Waals surface area contributed by atoms with Crippen molar-refractivity contribution in [3.63, 3.8) is 0 Å². The van der Waals surface area contributed by atoms with Gasteiger partial charge >= 0.3 is 0 Å². The molecule has 100 valence electrons. The van der Waals surface area contributed by atoms with Crippen LogP contribution in [0.1, 0.15) is 11.6 Å². The van der Waals surface area contributed by atoms with Crippen LogP contribution in [0.15, 0.2) is 18.2 Å². The maximum absolute atomic E-state index is 13.3. The third-order valence-electron chi connectivity index (χ3n) is 3.29. The molecule has 1 N–H and O–H groups in total. The van der Waals surface area contributed by atoms with Crippen LogP contribution in [0.2, 0.25) is 0 Å². The first-order chi connectivity index (χ1) is 8.76. The van der Waals surface area contributed by atoms with E-state index in [4.69, 9.17) is 4.74 Å². The molecule has 0 aromatic heterocycles. The van der Waals surface area contributed by atoms with Gasteiger partial charge in [-0.15, -0.1) is 0 Å². The first kappa shape index (κ1) is 13.2. The topological polar surface area (TPSA) is 24.5 Å². The first-order valence-corrected chi connectivity index (χ1v) is 6.10. The Bertz CT molecular complexity index is 395. The summed E-state index contributed by atoms with van der Waals surface area (Å²) in [5.74, 6) is 0.178. The summed E-state index contributed by atoms with van der Waals surface area (Å²) in [6.45, 7) is 2.63. The van der Waals surface area contributed by atoms with Gasteiger partial charge in [0, 0.05) is 31.7 Å². The van der Waals surface area contributed by atoms with Crippen molar-refractivity contribution in [3.8, 4) is 5.75 Å². The Hall–Kier alpha value is -1.20. The molecule has 1 fully saturated rings. The SMILES string of the molecule is COc1ccc(F)cc1[C@H](CF)N1CCNCC1. The van der Waals surface area contributed by atoms with Crippen LogP contribution in [-0.4, -0.2) is 44.9 Å². The largest absolute Gasteiger partial charge is 0.496 e. The summed E-state index contributed by atoms with van der Waals surface area (Å²) in [4.78, 5) is 2.02. The number of benzene rings is 1. The highest BCUT2D eigenvalue weighted by molar-refractivity contribution is 5.36. The van der Waals surface area contributed by atoms with Crippen LogP contribution >= 0.6 is 0 Å². The van der Waals surface area contributed by atoms with E-state index in [1.807, 2.05) is 4.90 Å². The molecule has 3 nitrogen and oxygen atoms in total. The Morgan fingerprint density at radius 2 is 2.11 bits per heavy atom. The van der Waals surface area contributed by atoms with Crippen LogP contribution in [0.4, 0.5) is 8.78 Å². The number of rotatable bonds is 4. The van der Waals surface area contributed by atoms with Gasteiger partial charge in [-0.2, -0.15) is 0 Å². The molecular formula is C13H18F2N2O.